The van der Waals surface area contributed by atoms with Gasteiger partial charge in [-0.1, -0.05) is 30.3 Å². The number of benzene rings is 1. The van der Waals surface area contributed by atoms with E-state index in [1.807, 2.05) is 55.4 Å². The molecule has 1 fully saturated rings. The lowest BCUT2D eigenvalue weighted by atomic mass is 9.92. The second-order valence-electron chi connectivity index (χ2n) is 7.93. The molecule has 0 aliphatic carbocycles. The lowest BCUT2D eigenvalue weighted by molar-refractivity contribution is -0.0480. The van der Waals surface area contributed by atoms with Crippen LogP contribution < -0.4 is 0 Å². The van der Waals surface area contributed by atoms with Gasteiger partial charge in [-0.25, -0.2) is 9.50 Å². The molecule has 4 rings (SSSR count). The van der Waals surface area contributed by atoms with Crippen LogP contribution in [0.5, 0.6) is 0 Å². The zero-order chi connectivity index (χ0) is 18.9. The maximum Gasteiger partial charge on any atom is 0.162 e. The summed E-state index contributed by atoms with van der Waals surface area (Å²) in [6.45, 7) is 3.17. The van der Waals surface area contributed by atoms with Gasteiger partial charge in [-0.2, -0.15) is 5.10 Å². The van der Waals surface area contributed by atoms with Crippen molar-refractivity contribution >= 4 is 5.65 Å². The van der Waals surface area contributed by atoms with E-state index in [-0.39, 0.29) is 0 Å². The maximum atomic E-state index is 10.9. The SMILES string of the molecule is CN(C)C[C@]1(O)CCCN(Cc2cnc3c(-c4ccccc4)cnn3c2)C1. The summed E-state index contributed by atoms with van der Waals surface area (Å²) in [6, 6.07) is 10.2. The summed E-state index contributed by atoms with van der Waals surface area (Å²) < 4.78 is 1.85. The summed E-state index contributed by atoms with van der Waals surface area (Å²) in [5.41, 5.74) is 3.51. The highest BCUT2D eigenvalue weighted by Crippen LogP contribution is 2.25. The van der Waals surface area contributed by atoms with E-state index in [0.29, 0.717) is 13.1 Å². The summed E-state index contributed by atoms with van der Waals surface area (Å²) in [4.78, 5) is 9.05. The molecule has 6 heteroatoms. The van der Waals surface area contributed by atoms with Crippen LogP contribution in [0.1, 0.15) is 18.4 Å². The van der Waals surface area contributed by atoms with E-state index in [9.17, 15) is 5.11 Å². The fourth-order valence-electron chi connectivity index (χ4n) is 4.13. The average molecular weight is 365 g/mol. The van der Waals surface area contributed by atoms with Gasteiger partial charge in [0.05, 0.1) is 11.8 Å². The van der Waals surface area contributed by atoms with Gasteiger partial charge in [0.2, 0.25) is 0 Å². The average Bonchev–Trinajstić information content (AvgIpc) is 3.04. The van der Waals surface area contributed by atoms with Crippen LogP contribution in [-0.4, -0.2) is 68.8 Å². The summed E-state index contributed by atoms with van der Waals surface area (Å²) in [6.07, 6.45) is 7.73. The van der Waals surface area contributed by atoms with Crippen LogP contribution in [0.15, 0.2) is 48.9 Å². The lowest BCUT2D eigenvalue weighted by Crippen LogP contribution is -2.52. The smallest absolute Gasteiger partial charge is 0.162 e. The van der Waals surface area contributed by atoms with Crippen LogP contribution in [0.2, 0.25) is 0 Å². The van der Waals surface area contributed by atoms with Crippen molar-refractivity contribution in [2.24, 2.45) is 0 Å². The van der Waals surface area contributed by atoms with Crippen LogP contribution in [-0.2, 0) is 6.54 Å². The topological polar surface area (TPSA) is 56.9 Å². The summed E-state index contributed by atoms with van der Waals surface area (Å²) in [5.74, 6) is 0. The first kappa shape index (κ1) is 18.1. The number of hydrogen-bond acceptors (Lipinski definition) is 5. The van der Waals surface area contributed by atoms with Crippen molar-refractivity contribution in [3.05, 3.63) is 54.5 Å². The van der Waals surface area contributed by atoms with Gasteiger partial charge in [0, 0.05) is 43.2 Å². The van der Waals surface area contributed by atoms with E-state index < -0.39 is 5.60 Å². The van der Waals surface area contributed by atoms with Crippen LogP contribution in [0.4, 0.5) is 0 Å². The predicted molar refractivity (Wildman–Crippen MR) is 106 cm³/mol. The minimum atomic E-state index is -0.633. The van der Waals surface area contributed by atoms with Crippen LogP contribution in [0.3, 0.4) is 0 Å². The number of nitrogens with zero attached hydrogens (tertiary/aromatic N) is 5. The van der Waals surface area contributed by atoms with Gasteiger partial charge in [-0.15, -0.1) is 0 Å². The number of piperidine rings is 1. The van der Waals surface area contributed by atoms with Crippen molar-refractivity contribution in [2.75, 3.05) is 33.7 Å². The molecule has 0 radical (unpaired) electrons. The maximum absolute atomic E-state index is 10.9. The number of β-amino-alcohol motifs (C(OH)–C–C–N with tert-alkyl or cyclic N) is 1. The molecule has 3 aromatic rings. The monoisotopic (exact) mass is 365 g/mol. The second kappa shape index (κ2) is 7.38. The molecule has 27 heavy (non-hydrogen) atoms. The van der Waals surface area contributed by atoms with E-state index in [1.54, 1.807) is 0 Å². The Kier molecular flexibility index (Phi) is 4.95. The highest BCUT2D eigenvalue weighted by molar-refractivity contribution is 5.76. The molecule has 0 bridgehead atoms. The molecule has 142 valence electrons. The number of fused-ring (bicyclic) bond motifs is 1. The van der Waals surface area contributed by atoms with E-state index in [1.165, 1.54) is 0 Å². The third kappa shape index (κ3) is 4.03. The quantitative estimate of drug-likeness (QED) is 0.752. The molecular weight excluding hydrogens is 338 g/mol. The largest absolute Gasteiger partial charge is 0.387 e. The van der Waals surface area contributed by atoms with Crippen molar-refractivity contribution in [1.29, 1.82) is 0 Å². The molecule has 1 aromatic carbocycles. The van der Waals surface area contributed by atoms with E-state index >= 15 is 0 Å². The normalized spacial score (nSPS) is 21.2. The number of aliphatic hydroxyl groups is 1. The first-order valence-corrected chi connectivity index (χ1v) is 9.50. The Hall–Kier alpha value is -2.28. The lowest BCUT2D eigenvalue weighted by Gasteiger charge is -2.40. The Bertz CT molecular complexity index is 907. The molecule has 0 unspecified atom stereocenters. The minimum Gasteiger partial charge on any atom is -0.387 e. The molecule has 1 aliphatic heterocycles. The Balaban J connectivity index is 1.52. The molecule has 0 spiro atoms. The Morgan fingerprint density at radius 2 is 2.00 bits per heavy atom. The molecule has 0 saturated carbocycles. The minimum absolute atomic E-state index is 0.633. The molecule has 6 nitrogen and oxygen atoms in total. The molecule has 0 amide bonds. The summed E-state index contributed by atoms with van der Waals surface area (Å²) >= 11 is 0. The third-order valence-electron chi connectivity index (χ3n) is 5.15. The van der Waals surface area contributed by atoms with Crippen molar-refractivity contribution < 1.29 is 5.11 Å². The predicted octanol–water partition coefficient (Wildman–Crippen LogP) is 2.28. The second-order valence-corrected chi connectivity index (χ2v) is 7.93. The van der Waals surface area contributed by atoms with Crippen molar-refractivity contribution in [2.45, 2.75) is 25.0 Å². The van der Waals surface area contributed by atoms with Crippen molar-refractivity contribution in [3.8, 4) is 11.1 Å². The van der Waals surface area contributed by atoms with Crippen LogP contribution in [0.25, 0.3) is 16.8 Å². The van der Waals surface area contributed by atoms with E-state index in [4.69, 9.17) is 0 Å². The van der Waals surface area contributed by atoms with E-state index in [2.05, 4.69) is 32.0 Å². The highest BCUT2D eigenvalue weighted by Gasteiger charge is 2.33. The van der Waals surface area contributed by atoms with E-state index in [0.717, 1.165) is 48.3 Å². The van der Waals surface area contributed by atoms with Crippen molar-refractivity contribution in [3.63, 3.8) is 0 Å². The molecular formula is C21H27N5O. The number of hydrogen-bond donors (Lipinski definition) is 1. The van der Waals surface area contributed by atoms with Gasteiger partial charge >= 0.3 is 0 Å². The van der Waals surface area contributed by atoms with Gasteiger partial charge < -0.3 is 10.0 Å². The zero-order valence-corrected chi connectivity index (χ0v) is 16.0. The molecule has 3 heterocycles. The summed E-state index contributed by atoms with van der Waals surface area (Å²) in [7, 11) is 4.02. The number of rotatable bonds is 5. The first-order chi connectivity index (χ1) is 13.0. The van der Waals surface area contributed by atoms with Gasteiger partial charge in [-0.05, 0) is 39.0 Å². The molecule has 1 N–H and O–H groups in total. The Morgan fingerprint density at radius 3 is 2.78 bits per heavy atom. The number of aromatic nitrogens is 3. The fourth-order valence-corrected chi connectivity index (χ4v) is 4.13. The van der Waals surface area contributed by atoms with Crippen molar-refractivity contribution in [1.82, 2.24) is 24.4 Å². The van der Waals surface area contributed by atoms with Gasteiger partial charge in [0.15, 0.2) is 5.65 Å². The van der Waals surface area contributed by atoms with Crippen LogP contribution >= 0.6 is 0 Å². The first-order valence-electron chi connectivity index (χ1n) is 9.50. The molecule has 1 aliphatic rings. The highest BCUT2D eigenvalue weighted by atomic mass is 16.3. The molecule has 2 aromatic heterocycles. The molecule has 1 saturated heterocycles. The number of likely N-dealkylation sites (N-methyl/N-ethyl adjacent to an activating group) is 1. The Morgan fingerprint density at radius 1 is 1.19 bits per heavy atom. The van der Waals surface area contributed by atoms with Crippen LogP contribution in [0, 0.1) is 0 Å². The fraction of sp³-hybridized carbons (Fsp3) is 0.429. The van der Waals surface area contributed by atoms with Gasteiger partial charge in [0.1, 0.15) is 0 Å². The van der Waals surface area contributed by atoms with Gasteiger partial charge in [0.25, 0.3) is 0 Å². The summed E-state index contributed by atoms with van der Waals surface area (Å²) in [5, 5.41) is 15.4. The standard InChI is InChI=1S/C21H27N5O/c1-24(2)15-21(27)9-6-10-25(16-21)13-17-11-22-20-19(12-23-26(20)14-17)18-7-4-3-5-8-18/h3-5,7-8,11-12,14,27H,6,9-10,13,15-16H2,1-2H3/t21-/m1/s1. The number of likely N-dealkylation sites (tertiary alicyclic amines) is 1. The Labute approximate surface area is 160 Å². The zero-order valence-electron chi connectivity index (χ0n) is 16.0. The van der Waals surface area contributed by atoms with Gasteiger partial charge in [-0.3, -0.25) is 4.90 Å². The molecule has 1 atom stereocenters. The third-order valence-corrected chi connectivity index (χ3v) is 5.15.